The maximum atomic E-state index is 13.3. The van der Waals surface area contributed by atoms with E-state index in [0.29, 0.717) is 31.0 Å². The molecule has 1 atom stereocenters. The van der Waals surface area contributed by atoms with E-state index in [0.717, 1.165) is 18.4 Å². The van der Waals surface area contributed by atoms with Gasteiger partial charge in [-0.1, -0.05) is 54.1 Å². The van der Waals surface area contributed by atoms with Crippen molar-refractivity contribution in [1.29, 1.82) is 0 Å². The minimum Gasteiger partial charge on any atom is -0.465 e. The number of ether oxygens (including phenoxy) is 2. The Balaban J connectivity index is 1.55. The van der Waals surface area contributed by atoms with Crippen molar-refractivity contribution in [2.75, 3.05) is 25.1 Å². The number of carbonyl (C=O) groups excluding carboxylic acids is 2. The van der Waals surface area contributed by atoms with Gasteiger partial charge in [0.2, 0.25) is 11.9 Å². The summed E-state index contributed by atoms with van der Waals surface area (Å²) in [6.07, 6.45) is -0.478. The van der Waals surface area contributed by atoms with Gasteiger partial charge in [0.05, 0.1) is 22.7 Å². The summed E-state index contributed by atoms with van der Waals surface area (Å²) in [6.45, 7) is 3.35. The Kier molecular flexibility index (Phi) is 8.30. The predicted molar refractivity (Wildman–Crippen MR) is 138 cm³/mol. The lowest BCUT2D eigenvalue weighted by Gasteiger charge is -2.38. The summed E-state index contributed by atoms with van der Waals surface area (Å²) in [5.41, 5.74) is 0.435. The van der Waals surface area contributed by atoms with Crippen LogP contribution in [0.3, 0.4) is 0 Å². The molecule has 4 rings (SSSR count). The van der Waals surface area contributed by atoms with Gasteiger partial charge in [0.1, 0.15) is 6.61 Å². The standard InChI is InChI=1S/C26H29ClN4O6/c1-26(14-21(32)31(23(30-26)29-24(33)34)15-17-10-12-36-13-11-17)19-8-5-9-20(22(19)27)28-25(35)37-16-18-6-3-2-4-7-18/h2-9,17H,10-16H2,1H3,(H,28,35)(H,29,30)(H,33,34)/t26-/m0/s1. The first-order valence-electron chi connectivity index (χ1n) is 12.0. The van der Waals surface area contributed by atoms with E-state index < -0.39 is 17.7 Å². The van der Waals surface area contributed by atoms with Crippen LogP contribution >= 0.6 is 11.6 Å². The van der Waals surface area contributed by atoms with Crippen LogP contribution in [0.5, 0.6) is 0 Å². The molecule has 2 aliphatic rings. The lowest BCUT2D eigenvalue weighted by Crippen LogP contribution is -2.54. The van der Waals surface area contributed by atoms with Crippen LogP contribution in [0, 0.1) is 5.92 Å². The molecule has 2 aliphatic heterocycles. The van der Waals surface area contributed by atoms with Gasteiger partial charge in [-0.15, -0.1) is 0 Å². The van der Waals surface area contributed by atoms with Gasteiger partial charge in [-0.05, 0) is 37.3 Å². The third kappa shape index (κ3) is 6.58. The maximum absolute atomic E-state index is 13.3. The molecule has 0 saturated carbocycles. The second-order valence-corrected chi connectivity index (χ2v) is 9.61. The van der Waals surface area contributed by atoms with Crippen molar-refractivity contribution in [2.45, 2.75) is 38.3 Å². The largest absolute Gasteiger partial charge is 0.465 e. The SMILES string of the molecule is C[C@@]1(c2cccc(NC(=O)OCc3ccccc3)c2Cl)CC(=O)N(CC2CCOCC2)C(NC(=O)O)=N1. The molecule has 3 N–H and O–H groups in total. The number of hydrogen-bond acceptors (Lipinski definition) is 6. The minimum absolute atomic E-state index is 0.0252. The van der Waals surface area contributed by atoms with E-state index >= 15 is 0 Å². The topological polar surface area (TPSA) is 130 Å². The normalized spacial score (nSPS) is 20.2. The Hall–Kier alpha value is -3.63. The molecule has 37 heavy (non-hydrogen) atoms. The number of nitrogens with zero attached hydrogens (tertiary/aromatic N) is 2. The van der Waals surface area contributed by atoms with Crippen LogP contribution in [0.25, 0.3) is 0 Å². The molecule has 0 radical (unpaired) electrons. The molecular formula is C26H29ClN4O6. The molecule has 0 unspecified atom stereocenters. The van der Waals surface area contributed by atoms with Gasteiger partial charge in [-0.3, -0.25) is 20.3 Å². The molecule has 11 heteroatoms. The van der Waals surface area contributed by atoms with Gasteiger partial charge in [0.15, 0.2) is 0 Å². The monoisotopic (exact) mass is 528 g/mol. The zero-order chi connectivity index (χ0) is 26.4. The number of guanidine groups is 1. The van der Waals surface area contributed by atoms with Crippen molar-refractivity contribution in [2.24, 2.45) is 10.9 Å². The van der Waals surface area contributed by atoms with E-state index in [1.807, 2.05) is 30.3 Å². The summed E-state index contributed by atoms with van der Waals surface area (Å²) >= 11 is 6.67. The average Bonchev–Trinajstić information content (AvgIpc) is 2.87. The highest BCUT2D eigenvalue weighted by molar-refractivity contribution is 6.34. The minimum atomic E-state index is -1.32. The maximum Gasteiger partial charge on any atom is 0.412 e. The van der Waals surface area contributed by atoms with Gasteiger partial charge < -0.3 is 14.6 Å². The number of halogens is 1. The highest BCUT2D eigenvalue weighted by Gasteiger charge is 2.41. The number of hydrogen-bond donors (Lipinski definition) is 3. The van der Waals surface area contributed by atoms with Crippen LogP contribution in [-0.4, -0.2) is 53.8 Å². The van der Waals surface area contributed by atoms with Crippen LogP contribution in [0.2, 0.25) is 5.02 Å². The molecule has 1 fully saturated rings. The Morgan fingerprint density at radius 2 is 1.89 bits per heavy atom. The van der Waals surface area contributed by atoms with Crippen LogP contribution in [-0.2, 0) is 26.4 Å². The molecule has 2 aromatic rings. The van der Waals surface area contributed by atoms with Crippen LogP contribution in [0.15, 0.2) is 53.5 Å². The first-order valence-corrected chi connectivity index (χ1v) is 12.4. The molecular weight excluding hydrogens is 500 g/mol. The van der Waals surface area contributed by atoms with Gasteiger partial charge in [0, 0.05) is 25.3 Å². The number of amides is 3. The summed E-state index contributed by atoms with van der Waals surface area (Å²) in [6, 6.07) is 14.2. The number of carbonyl (C=O) groups is 3. The number of aliphatic imine (C=N–C) groups is 1. The van der Waals surface area contributed by atoms with Crippen molar-refractivity contribution in [3.63, 3.8) is 0 Å². The second kappa shape index (κ2) is 11.6. The van der Waals surface area contributed by atoms with Crippen LogP contribution in [0.4, 0.5) is 15.3 Å². The number of benzene rings is 2. The third-order valence-electron chi connectivity index (χ3n) is 6.43. The highest BCUT2D eigenvalue weighted by Crippen LogP contribution is 2.40. The number of rotatable bonds is 6. The lowest BCUT2D eigenvalue weighted by molar-refractivity contribution is -0.130. The van der Waals surface area contributed by atoms with Gasteiger partial charge >= 0.3 is 12.2 Å². The Morgan fingerprint density at radius 1 is 1.16 bits per heavy atom. The fraction of sp³-hybridized carbons (Fsp3) is 0.385. The van der Waals surface area contributed by atoms with Crippen molar-refractivity contribution in [3.05, 3.63) is 64.7 Å². The van der Waals surface area contributed by atoms with Gasteiger partial charge in [-0.25, -0.2) is 14.6 Å². The predicted octanol–water partition coefficient (Wildman–Crippen LogP) is 4.59. The van der Waals surface area contributed by atoms with Crippen molar-refractivity contribution in [1.82, 2.24) is 10.2 Å². The molecule has 196 valence electrons. The quantitative estimate of drug-likeness (QED) is 0.503. The average molecular weight is 529 g/mol. The molecule has 0 spiro atoms. The van der Waals surface area contributed by atoms with Crippen LogP contribution < -0.4 is 10.6 Å². The molecule has 2 heterocycles. The molecule has 0 bridgehead atoms. The molecule has 1 saturated heterocycles. The van der Waals surface area contributed by atoms with Gasteiger partial charge in [0.25, 0.3) is 0 Å². The first kappa shape index (κ1) is 26.4. The number of anilines is 1. The van der Waals surface area contributed by atoms with E-state index in [1.165, 1.54) is 4.90 Å². The third-order valence-corrected chi connectivity index (χ3v) is 6.84. The van der Waals surface area contributed by atoms with Gasteiger partial charge in [-0.2, -0.15) is 0 Å². The van der Waals surface area contributed by atoms with Crippen molar-refractivity contribution < 1.29 is 29.0 Å². The van der Waals surface area contributed by atoms with E-state index in [1.54, 1.807) is 25.1 Å². The van der Waals surface area contributed by atoms with E-state index in [-0.39, 0.29) is 35.8 Å². The molecule has 10 nitrogen and oxygen atoms in total. The van der Waals surface area contributed by atoms with E-state index in [4.69, 9.17) is 21.1 Å². The zero-order valence-corrected chi connectivity index (χ0v) is 21.2. The lowest BCUT2D eigenvalue weighted by atomic mass is 9.86. The Labute approximate surface area is 219 Å². The fourth-order valence-electron chi connectivity index (χ4n) is 4.48. The van der Waals surface area contributed by atoms with Crippen LogP contribution in [0.1, 0.15) is 37.3 Å². The summed E-state index contributed by atoms with van der Waals surface area (Å²) in [5.74, 6) is -0.139. The summed E-state index contributed by atoms with van der Waals surface area (Å²) in [4.78, 5) is 43.3. The fourth-order valence-corrected chi connectivity index (χ4v) is 4.85. The van der Waals surface area contributed by atoms with Crippen molar-refractivity contribution in [3.8, 4) is 0 Å². The zero-order valence-electron chi connectivity index (χ0n) is 20.4. The number of nitrogens with one attached hydrogen (secondary N) is 2. The molecule has 3 amide bonds. The smallest absolute Gasteiger partial charge is 0.412 e. The Bertz CT molecular complexity index is 1180. The van der Waals surface area contributed by atoms with E-state index in [9.17, 15) is 19.5 Å². The highest BCUT2D eigenvalue weighted by atomic mass is 35.5. The number of carboxylic acid groups (broad SMARTS) is 1. The summed E-state index contributed by atoms with van der Waals surface area (Å²) in [7, 11) is 0. The Morgan fingerprint density at radius 3 is 2.59 bits per heavy atom. The molecule has 2 aromatic carbocycles. The summed E-state index contributed by atoms with van der Waals surface area (Å²) in [5, 5.41) is 14.5. The second-order valence-electron chi connectivity index (χ2n) is 9.23. The van der Waals surface area contributed by atoms with Crippen molar-refractivity contribution >= 4 is 41.3 Å². The molecule has 0 aliphatic carbocycles. The molecule has 0 aromatic heterocycles. The van der Waals surface area contributed by atoms with E-state index in [2.05, 4.69) is 15.6 Å². The first-order chi connectivity index (χ1) is 17.7. The summed E-state index contributed by atoms with van der Waals surface area (Å²) < 4.78 is 10.7.